The predicted molar refractivity (Wildman–Crippen MR) is 109 cm³/mol. The van der Waals surface area contributed by atoms with Crippen LogP contribution in [0.1, 0.15) is 18.4 Å². The molecule has 2 heterocycles. The maximum absolute atomic E-state index is 12.4. The fraction of sp³-hybridized carbons (Fsp3) is 0.389. The van der Waals surface area contributed by atoms with Crippen molar-refractivity contribution in [3.8, 4) is 0 Å². The maximum Gasteiger partial charge on any atom is 0.330 e. The minimum Gasteiger partial charge on any atom is -0.383 e. The summed E-state index contributed by atoms with van der Waals surface area (Å²) in [5.41, 5.74) is 6.07. The van der Waals surface area contributed by atoms with Gasteiger partial charge >= 0.3 is 5.69 Å². The Kier molecular flexibility index (Phi) is 5.92. The van der Waals surface area contributed by atoms with Crippen LogP contribution in [0.2, 0.25) is 0 Å². The Labute approximate surface area is 161 Å². The van der Waals surface area contributed by atoms with Gasteiger partial charge in [0.1, 0.15) is 11.5 Å². The van der Waals surface area contributed by atoms with Crippen LogP contribution in [0.15, 0.2) is 39.9 Å². The standard InChI is InChI=1S/C18H23N5O3S/c1-22(18(27)20-10-13-8-5-9-26-13)14-15(19)23(17(25)21-16(14)24)11-12-6-3-2-4-7-12/h2-4,6-7,13H,5,8-11,19H2,1H3,(H,20,27)(H,21,24,25)/t13-/m0/s1. The first-order valence-corrected chi connectivity index (χ1v) is 9.18. The molecule has 1 saturated heterocycles. The van der Waals surface area contributed by atoms with Crippen molar-refractivity contribution in [2.45, 2.75) is 25.5 Å². The number of nitrogens with two attached hydrogens (primary N) is 1. The molecular weight excluding hydrogens is 366 g/mol. The van der Waals surface area contributed by atoms with Gasteiger partial charge in [-0.05, 0) is 30.6 Å². The highest BCUT2D eigenvalue weighted by Crippen LogP contribution is 2.17. The van der Waals surface area contributed by atoms with Gasteiger partial charge in [0.15, 0.2) is 5.11 Å². The fourth-order valence-electron chi connectivity index (χ4n) is 3.05. The summed E-state index contributed by atoms with van der Waals surface area (Å²) in [5.74, 6) is 0.0661. The molecule has 8 nitrogen and oxygen atoms in total. The van der Waals surface area contributed by atoms with Gasteiger partial charge in [-0.15, -0.1) is 0 Å². The van der Waals surface area contributed by atoms with Gasteiger partial charge in [-0.3, -0.25) is 14.3 Å². The number of hydrogen-bond donors (Lipinski definition) is 3. The lowest BCUT2D eigenvalue weighted by Crippen LogP contribution is -2.45. The smallest absolute Gasteiger partial charge is 0.330 e. The van der Waals surface area contributed by atoms with Crippen LogP contribution >= 0.6 is 12.2 Å². The van der Waals surface area contributed by atoms with E-state index in [0.29, 0.717) is 11.7 Å². The first-order valence-electron chi connectivity index (χ1n) is 8.77. The van der Waals surface area contributed by atoms with Gasteiger partial charge in [0.25, 0.3) is 5.56 Å². The third-order valence-electron chi connectivity index (χ3n) is 4.54. The summed E-state index contributed by atoms with van der Waals surface area (Å²) in [5, 5.41) is 3.44. The van der Waals surface area contributed by atoms with Gasteiger partial charge < -0.3 is 20.7 Å². The Morgan fingerprint density at radius 2 is 2.15 bits per heavy atom. The molecule has 4 N–H and O–H groups in total. The molecule has 0 bridgehead atoms. The molecule has 144 valence electrons. The van der Waals surface area contributed by atoms with Gasteiger partial charge in [0.2, 0.25) is 0 Å². The molecular formula is C18H23N5O3S. The van der Waals surface area contributed by atoms with Gasteiger partial charge in [0.05, 0.1) is 12.6 Å². The Morgan fingerprint density at radius 1 is 1.41 bits per heavy atom. The number of aromatic nitrogens is 2. The summed E-state index contributed by atoms with van der Waals surface area (Å²) in [6, 6.07) is 9.40. The number of nitrogens with zero attached hydrogens (tertiary/aromatic N) is 2. The Bertz CT molecular complexity index is 919. The van der Waals surface area contributed by atoms with E-state index < -0.39 is 11.2 Å². The number of anilines is 2. The molecule has 3 rings (SSSR count). The minimum absolute atomic E-state index is 0.0661. The van der Waals surface area contributed by atoms with Crippen molar-refractivity contribution < 1.29 is 4.74 Å². The molecule has 1 atom stereocenters. The summed E-state index contributed by atoms with van der Waals surface area (Å²) in [6.07, 6.45) is 2.12. The third-order valence-corrected chi connectivity index (χ3v) is 4.96. The largest absolute Gasteiger partial charge is 0.383 e. The second-order valence-electron chi connectivity index (χ2n) is 6.44. The summed E-state index contributed by atoms with van der Waals surface area (Å²) in [6.45, 7) is 1.57. The molecule has 0 radical (unpaired) electrons. The van der Waals surface area contributed by atoms with Crippen molar-refractivity contribution in [1.82, 2.24) is 14.9 Å². The Morgan fingerprint density at radius 3 is 2.81 bits per heavy atom. The summed E-state index contributed by atoms with van der Waals surface area (Å²) in [7, 11) is 1.64. The van der Waals surface area contributed by atoms with Gasteiger partial charge in [-0.1, -0.05) is 30.3 Å². The van der Waals surface area contributed by atoms with E-state index in [-0.39, 0.29) is 24.2 Å². The molecule has 0 aliphatic carbocycles. The number of H-pyrrole nitrogens is 1. The molecule has 0 saturated carbocycles. The molecule has 2 aromatic rings. The van der Waals surface area contributed by atoms with Crippen molar-refractivity contribution in [2.75, 3.05) is 30.8 Å². The van der Waals surface area contributed by atoms with Crippen LogP contribution in [-0.2, 0) is 11.3 Å². The SMILES string of the molecule is CN(C(=S)NC[C@@H]1CCCO1)c1c(N)n(Cc2ccccc2)c(=O)[nH]c1=O. The second-order valence-corrected chi connectivity index (χ2v) is 6.83. The molecule has 27 heavy (non-hydrogen) atoms. The monoisotopic (exact) mass is 389 g/mol. The average Bonchev–Trinajstić information content (AvgIpc) is 3.17. The van der Waals surface area contributed by atoms with Crippen molar-refractivity contribution >= 4 is 28.8 Å². The molecule has 1 aliphatic heterocycles. The number of thiocarbonyl (C=S) groups is 1. The van der Waals surface area contributed by atoms with Crippen LogP contribution in [0.4, 0.5) is 11.5 Å². The summed E-state index contributed by atoms with van der Waals surface area (Å²) in [4.78, 5) is 28.4. The zero-order valence-electron chi connectivity index (χ0n) is 15.1. The summed E-state index contributed by atoms with van der Waals surface area (Å²) < 4.78 is 6.88. The maximum atomic E-state index is 12.4. The minimum atomic E-state index is -0.578. The lowest BCUT2D eigenvalue weighted by molar-refractivity contribution is 0.114. The second kappa shape index (κ2) is 8.36. The van der Waals surface area contributed by atoms with Crippen LogP contribution in [-0.4, -0.2) is 41.0 Å². The van der Waals surface area contributed by atoms with E-state index in [0.717, 1.165) is 25.0 Å². The lowest BCUT2D eigenvalue weighted by Gasteiger charge is -2.24. The van der Waals surface area contributed by atoms with E-state index >= 15 is 0 Å². The van der Waals surface area contributed by atoms with E-state index in [9.17, 15) is 9.59 Å². The average molecular weight is 389 g/mol. The van der Waals surface area contributed by atoms with E-state index in [2.05, 4.69) is 10.3 Å². The molecule has 0 unspecified atom stereocenters. The van der Waals surface area contributed by atoms with Gasteiger partial charge in [0, 0.05) is 20.2 Å². The third kappa shape index (κ3) is 4.37. The van der Waals surface area contributed by atoms with Gasteiger partial charge in [-0.2, -0.15) is 0 Å². The molecule has 9 heteroatoms. The first-order chi connectivity index (χ1) is 13.0. The molecule has 1 aromatic heterocycles. The van der Waals surface area contributed by atoms with Crippen molar-refractivity contribution in [1.29, 1.82) is 0 Å². The van der Waals surface area contributed by atoms with Crippen LogP contribution in [0.25, 0.3) is 0 Å². The Hall–Kier alpha value is -2.65. The molecule has 0 amide bonds. The van der Waals surface area contributed by atoms with Crippen molar-refractivity contribution in [2.24, 2.45) is 0 Å². The van der Waals surface area contributed by atoms with E-state index in [1.165, 1.54) is 9.47 Å². The highest BCUT2D eigenvalue weighted by Gasteiger charge is 2.21. The highest BCUT2D eigenvalue weighted by atomic mass is 32.1. The Balaban J connectivity index is 1.83. The number of ether oxygens (including phenoxy) is 1. The van der Waals surface area contributed by atoms with E-state index in [1.807, 2.05) is 30.3 Å². The number of aromatic amines is 1. The molecule has 1 aromatic carbocycles. The molecule has 1 fully saturated rings. The zero-order valence-corrected chi connectivity index (χ0v) is 15.9. The van der Waals surface area contributed by atoms with Crippen LogP contribution in [0, 0.1) is 0 Å². The number of hydrogen-bond acceptors (Lipinski definition) is 5. The van der Waals surface area contributed by atoms with Crippen LogP contribution in [0.3, 0.4) is 0 Å². The fourth-order valence-corrected chi connectivity index (χ4v) is 3.23. The van der Waals surface area contributed by atoms with E-state index in [1.54, 1.807) is 7.05 Å². The quantitative estimate of drug-likeness (QED) is 0.645. The number of nitrogen functional groups attached to an aromatic ring is 1. The number of nitrogens with one attached hydrogen (secondary N) is 2. The zero-order chi connectivity index (χ0) is 19.4. The van der Waals surface area contributed by atoms with Crippen molar-refractivity contribution in [3.05, 3.63) is 56.7 Å². The number of benzene rings is 1. The number of rotatable bonds is 5. The highest BCUT2D eigenvalue weighted by molar-refractivity contribution is 7.80. The topological polar surface area (TPSA) is 105 Å². The molecule has 0 spiro atoms. The molecule has 1 aliphatic rings. The predicted octanol–water partition coefficient (Wildman–Crippen LogP) is 0.657. The summed E-state index contributed by atoms with van der Waals surface area (Å²) >= 11 is 5.38. The van der Waals surface area contributed by atoms with Crippen LogP contribution < -0.4 is 27.2 Å². The van der Waals surface area contributed by atoms with E-state index in [4.69, 9.17) is 22.7 Å². The lowest BCUT2D eigenvalue weighted by atomic mass is 10.2. The first kappa shape index (κ1) is 19.1. The van der Waals surface area contributed by atoms with Gasteiger partial charge in [-0.25, -0.2) is 4.79 Å². The normalized spacial score (nSPS) is 16.3. The van der Waals surface area contributed by atoms with Crippen molar-refractivity contribution in [3.63, 3.8) is 0 Å². The van der Waals surface area contributed by atoms with Crippen LogP contribution in [0.5, 0.6) is 0 Å².